The molecule has 1 aromatic carbocycles. The van der Waals surface area contributed by atoms with E-state index in [1.807, 2.05) is 18.2 Å². The molecule has 0 radical (unpaired) electrons. The highest BCUT2D eigenvalue weighted by molar-refractivity contribution is 9.11. The van der Waals surface area contributed by atoms with Crippen LogP contribution in [0.25, 0.3) is 0 Å². The molecule has 2 N–H and O–H groups in total. The highest BCUT2D eigenvalue weighted by Gasteiger charge is 2.23. The lowest BCUT2D eigenvalue weighted by Gasteiger charge is -2.35. The van der Waals surface area contributed by atoms with E-state index in [2.05, 4.69) is 48.7 Å². The van der Waals surface area contributed by atoms with Crippen molar-refractivity contribution in [2.24, 2.45) is 0 Å². The molecule has 1 aliphatic heterocycles. The first-order valence-electron chi connectivity index (χ1n) is 6.87. The van der Waals surface area contributed by atoms with Gasteiger partial charge in [0.25, 0.3) is 0 Å². The van der Waals surface area contributed by atoms with Gasteiger partial charge in [-0.05, 0) is 62.4 Å². The van der Waals surface area contributed by atoms with Gasteiger partial charge in [0, 0.05) is 32.2 Å². The van der Waals surface area contributed by atoms with Crippen LogP contribution >= 0.6 is 56.7 Å². The van der Waals surface area contributed by atoms with Crippen LogP contribution in [0.2, 0.25) is 0 Å². The molecule has 2 rings (SSSR count). The molecule has 0 bridgehead atoms. The Morgan fingerprint density at radius 3 is 2.27 bits per heavy atom. The maximum absolute atomic E-state index is 9.87. The van der Waals surface area contributed by atoms with Crippen LogP contribution in [0, 0.1) is 0 Å². The maximum atomic E-state index is 9.87. The van der Waals surface area contributed by atoms with Gasteiger partial charge in [0.2, 0.25) is 0 Å². The largest absolute Gasteiger partial charge is 0.506 e. The van der Waals surface area contributed by atoms with E-state index in [-0.39, 0.29) is 30.6 Å². The van der Waals surface area contributed by atoms with E-state index in [4.69, 9.17) is 0 Å². The number of hydrogen-bond donors (Lipinski definition) is 2. The summed E-state index contributed by atoms with van der Waals surface area (Å²) in [7, 11) is 0. The molecule has 1 saturated heterocycles. The molecule has 1 aromatic rings. The molecule has 0 unspecified atom stereocenters. The topological polar surface area (TPSA) is 35.5 Å². The van der Waals surface area contributed by atoms with Crippen molar-refractivity contribution in [3.8, 4) is 5.75 Å². The average Bonchev–Trinajstić information content (AvgIpc) is 2.46. The zero-order valence-corrected chi connectivity index (χ0v) is 17.0. The quantitative estimate of drug-likeness (QED) is 0.606. The van der Waals surface area contributed by atoms with Crippen LogP contribution in [0.15, 0.2) is 33.7 Å². The molecule has 1 atom stereocenters. The van der Waals surface area contributed by atoms with Crippen molar-refractivity contribution < 1.29 is 5.11 Å². The number of benzene rings is 1. The van der Waals surface area contributed by atoms with Crippen LogP contribution in [0.5, 0.6) is 5.75 Å². The van der Waals surface area contributed by atoms with E-state index in [9.17, 15) is 5.11 Å². The van der Waals surface area contributed by atoms with Crippen LogP contribution in [0.3, 0.4) is 0 Å². The van der Waals surface area contributed by atoms with Crippen LogP contribution in [-0.2, 0) is 0 Å². The standard InChI is InChI=1S/C15H20Br2N2O.2ClH/c1-2-3-4-14(19-7-5-18-6-8-19)11-9-12(16)15(20)13(17)10-11;;/h2,9-10,14,18,20H,1,3-8H2;2*1H/t14-;;/m1../s1. The number of nitrogens with zero attached hydrogens (tertiary/aromatic N) is 1. The molecule has 7 heteroatoms. The predicted molar refractivity (Wildman–Crippen MR) is 105 cm³/mol. The second-order valence-corrected chi connectivity index (χ2v) is 6.71. The number of hydrogen-bond acceptors (Lipinski definition) is 3. The van der Waals surface area contributed by atoms with Gasteiger partial charge in [0.15, 0.2) is 0 Å². The number of nitrogens with one attached hydrogen (secondary N) is 1. The average molecular weight is 477 g/mol. The lowest BCUT2D eigenvalue weighted by Crippen LogP contribution is -2.45. The van der Waals surface area contributed by atoms with Crippen LogP contribution in [0.1, 0.15) is 24.4 Å². The first-order valence-corrected chi connectivity index (χ1v) is 8.45. The van der Waals surface area contributed by atoms with Crippen LogP contribution < -0.4 is 5.32 Å². The predicted octanol–water partition coefficient (Wildman–Crippen LogP) is 4.67. The molecule has 1 aliphatic rings. The normalized spacial score (nSPS) is 16.3. The lowest BCUT2D eigenvalue weighted by molar-refractivity contribution is 0.166. The maximum Gasteiger partial charge on any atom is 0.143 e. The van der Waals surface area contributed by atoms with Crippen molar-refractivity contribution in [1.82, 2.24) is 10.2 Å². The van der Waals surface area contributed by atoms with Gasteiger partial charge < -0.3 is 10.4 Å². The summed E-state index contributed by atoms with van der Waals surface area (Å²) in [5.74, 6) is 0.261. The Kier molecular flexibility index (Phi) is 11.0. The van der Waals surface area contributed by atoms with E-state index in [1.165, 1.54) is 5.56 Å². The van der Waals surface area contributed by atoms with E-state index >= 15 is 0 Å². The van der Waals surface area contributed by atoms with Crippen molar-refractivity contribution >= 4 is 56.7 Å². The molecule has 0 amide bonds. The van der Waals surface area contributed by atoms with Crippen molar-refractivity contribution in [1.29, 1.82) is 0 Å². The van der Waals surface area contributed by atoms with Gasteiger partial charge in [0.05, 0.1) is 8.95 Å². The Morgan fingerprint density at radius 1 is 1.23 bits per heavy atom. The molecule has 1 fully saturated rings. The highest BCUT2D eigenvalue weighted by atomic mass is 79.9. The van der Waals surface area contributed by atoms with Crippen molar-refractivity contribution in [2.45, 2.75) is 18.9 Å². The van der Waals surface area contributed by atoms with Crippen molar-refractivity contribution in [2.75, 3.05) is 26.2 Å². The Balaban J connectivity index is 0.00000220. The zero-order chi connectivity index (χ0) is 14.5. The van der Waals surface area contributed by atoms with Gasteiger partial charge in [-0.2, -0.15) is 0 Å². The number of phenolic OH excluding ortho intramolecular Hbond substituents is 1. The number of rotatable bonds is 5. The molecule has 0 saturated carbocycles. The molecule has 3 nitrogen and oxygen atoms in total. The third-order valence-electron chi connectivity index (χ3n) is 3.66. The molecule has 1 heterocycles. The Labute approximate surface area is 161 Å². The monoisotopic (exact) mass is 474 g/mol. The van der Waals surface area contributed by atoms with Crippen molar-refractivity contribution in [3.63, 3.8) is 0 Å². The fourth-order valence-corrected chi connectivity index (χ4v) is 3.83. The minimum absolute atomic E-state index is 0. The summed E-state index contributed by atoms with van der Waals surface area (Å²) < 4.78 is 1.47. The summed E-state index contributed by atoms with van der Waals surface area (Å²) in [6.45, 7) is 8.00. The van der Waals surface area contributed by atoms with Gasteiger partial charge in [-0.25, -0.2) is 0 Å². The van der Waals surface area contributed by atoms with Gasteiger partial charge in [0.1, 0.15) is 5.75 Å². The summed E-state index contributed by atoms with van der Waals surface area (Å²) in [6.07, 6.45) is 4.01. The van der Waals surface area contributed by atoms with E-state index < -0.39 is 0 Å². The number of piperazine rings is 1. The molecule has 0 spiro atoms. The summed E-state index contributed by atoms with van der Waals surface area (Å²) >= 11 is 6.85. The number of allylic oxidation sites excluding steroid dienone is 1. The first kappa shape index (κ1) is 22.2. The van der Waals surface area contributed by atoms with Crippen LogP contribution in [-0.4, -0.2) is 36.2 Å². The van der Waals surface area contributed by atoms with Gasteiger partial charge in [-0.3, -0.25) is 4.90 Å². The molecule has 0 aromatic heterocycles. The lowest BCUT2D eigenvalue weighted by atomic mass is 9.99. The molecule has 0 aliphatic carbocycles. The second-order valence-electron chi connectivity index (χ2n) is 5.00. The number of phenols is 1. The Hall–Kier alpha value is 0.220. The first-order chi connectivity index (χ1) is 9.63. The SMILES string of the molecule is C=CCC[C@H](c1cc(Br)c(O)c(Br)c1)N1CCNCC1.Cl.Cl. The van der Waals surface area contributed by atoms with E-state index in [1.54, 1.807) is 0 Å². The molecular formula is C15H22Br2Cl2N2O. The second kappa shape index (κ2) is 10.9. The van der Waals surface area contributed by atoms with Gasteiger partial charge in [-0.1, -0.05) is 6.08 Å². The summed E-state index contributed by atoms with van der Waals surface area (Å²) in [5.41, 5.74) is 1.23. The number of aromatic hydroxyl groups is 1. The minimum Gasteiger partial charge on any atom is -0.506 e. The third kappa shape index (κ3) is 5.69. The Bertz CT molecular complexity index is 460. The number of halogens is 4. The minimum atomic E-state index is 0. The van der Waals surface area contributed by atoms with Gasteiger partial charge >= 0.3 is 0 Å². The van der Waals surface area contributed by atoms with E-state index in [0.717, 1.165) is 48.0 Å². The summed E-state index contributed by atoms with van der Waals surface area (Å²) in [4.78, 5) is 2.51. The molecular weight excluding hydrogens is 455 g/mol. The molecule has 22 heavy (non-hydrogen) atoms. The smallest absolute Gasteiger partial charge is 0.143 e. The van der Waals surface area contributed by atoms with Gasteiger partial charge in [-0.15, -0.1) is 31.4 Å². The Morgan fingerprint density at radius 2 is 1.77 bits per heavy atom. The summed E-state index contributed by atoms with van der Waals surface area (Å²) in [5, 5.41) is 13.3. The highest BCUT2D eigenvalue weighted by Crippen LogP contribution is 2.37. The summed E-state index contributed by atoms with van der Waals surface area (Å²) in [6, 6.07) is 4.41. The van der Waals surface area contributed by atoms with E-state index in [0.29, 0.717) is 6.04 Å². The zero-order valence-electron chi connectivity index (χ0n) is 12.2. The fraction of sp³-hybridized carbons (Fsp3) is 0.467. The van der Waals surface area contributed by atoms with Crippen molar-refractivity contribution in [3.05, 3.63) is 39.3 Å². The van der Waals surface area contributed by atoms with Crippen LogP contribution in [0.4, 0.5) is 0 Å². The molecule has 126 valence electrons. The third-order valence-corrected chi connectivity index (χ3v) is 4.87. The fourth-order valence-electron chi connectivity index (χ4n) is 2.61.